The number of anilines is 2. The fraction of sp³-hybridized carbons (Fsp3) is 0.357. The van der Waals surface area contributed by atoms with Crippen molar-refractivity contribution in [2.45, 2.75) is 25.2 Å². The van der Waals surface area contributed by atoms with E-state index in [9.17, 15) is 31.2 Å². The Labute approximate surface area is 151 Å². The maximum Gasteiger partial charge on any atom is 0.440 e. The molecule has 3 rings (SSSR count). The molecule has 13 heteroatoms. The highest BCUT2D eigenvalue weighted by atomic mass is 32.2. The summed E-state index contributed by atoms with van der Waals surface area (Å²) in [6.45, 7) is 1.34. The zero-order valence-corrected chi connectivity index (χ0v) is 14.8. The van der Waals surface area contributed by atoms with E-state index in [1.165, 1.54) is 25.1 Å². The number of nitrogens with one attached hydrogen (secondary N) is 3. The number of amides is 2. The van der Waals surface area contributed by atoms with Crippen molar-refractivity contribution in [2.24, 2.45) is 0 Å². The summed E-state index contributed by atoms with van der Waals surface area (Å²) in [5, 5.41) is 3.75. The molecule has 3 N–H and O–H groups in total. The van der Waals surface area contributed by atoms with Crippen LogP contribution in [0.1, 0.15) is 13.3 Å². The Balaban J connectivity index is 2.31. The average Bonchev–Trinajstić information content (AvgIpc) is 3.01. The van der Waals surface area contributed by atoms with Crippen molar-refractivity contribution < 1.29 is 31.2 Å². The second kappa shape index (κ2) is 5.84. The highest BCUT2D eigenvalue weighted by Gasteiger charge is 2.67. The second-order valence-corrected chi connectivity index (χ2v) is 7.63. The monoisotopic (exact) mass is 405 g/mol. The molecular weight excluding hydrogens is 391 g/mol. The first-order valence-electron chi connectivity index (χ1n) is 7.59. The number of hydrogen-bond acceptors (Lipinski definition) is 5. The maximum absolute atomic E-state index is 14.0. The number of alkyl halides is 3. The van der Waals surface area contributed by atoms with Crippen LogP contribution >= 0.6 is 0 Å². The number of hydrogen-bond donors (Lipinski definition) is 3. The van der Waals surface area contributed by atoms with Gasteiger partial charge in [0.1, 0.15) is 5.52 Å². The Hall–Kier alpha value is -2.83. The van der Waals surface area contributed by atoms with E-state index in [2.05, 4.69) is 9.71 Å². The van der Waals surface area contributed by atoms with Crippen molar-refractivity contribution in [3.8, 4) is 0 Å². The third-order valence-electron chi connectivity index (χ3n) is 3.92. The zero-order chi connectivity index (χ0) is 20.2. The van der Waals surface area contributed by atoms with E-state index in [-0.39, 0.29) is 23.1 Å². The average molecular weight is 405 g/mol. The van der Waals surface area contributed by atoms with E-state index in [0.717, 1.165) is 6.26 Å². The molecule has 0 aliphatic carbocycles. The fourth-order valence-electron chi connectivity index (χ4n) is 2.83. The van der Waals surface area contributed by atoms with E-state index in [1.54, 1.807) is 5.32 Å². The molecule has 0 saturated carbocycles. The molecule has 0 spiro atoms. The predicted molar refractivity (Wildman–Crippen MR) is 89.3 cm³/mol. The molecule has 1 aliphatic heterocycles. The first kappa shape index (κ1) is 18.9. The summed E-state index contributed by atoms with van der Waals surface area (Å²) < 4.78 is 67.6. The van der Waals surface area contributed by atoms with Crippen LogP contribution in [0.15, 0.2) is 18.2 Å². The van der Waals surface area contributed by atoms with Gasteiger partial charge in [-0.1, -0.05) is 13.0 Å². The number of aromatic nitrogens is 2. The van der Waals surface area contributed by atoms with E-state index in [1.807, 2.05) is 5.32 Å². The Morgan fingerprint density at radius 3 is 2.59 bits per heavy atom. The molecule has 2 heterocycles. The molecule has 1 atom stereocenters. The minimum absolute atomic E-state index is 0.0657. The number of benzene rings is 1. The summed E-state index contributed by atoms with van der Waals surface area (Å²) in [6, 6.07) is 3.85. The van der Waals surface area contributed by atoms with Crippen molar-refractivity contribution in [2.75, 3.05) is 16.3 Å². The van der Waals surface area contributed by atoms with E-state index in [0.29, 0.717) is 4.57 Å². The van der Waals surface area contributed by atoms with Gasteiger partial charge in [-0.15, -0.1) is 0 Å². The Bertz CT molecular complexity index is 1060. The number of halogens is 3. The number of para-hydroxylation sites is 1. The van der Waals surface area contributed by atoms with Crippen molar-refractivity contribution in [1.29, 1.82) is 0 Å². The van der Waals surface area contributed by atoms with Gasteiger partial charge in [-0.3, -0.25) is 24.2 Å². The van der Waals surface area contributed by atoms with E-state index < -0.39 is 39.6 Å². The van der Waals surface area contributed by atoms with Crippen molar-refractivity contribution >= 4 is 44.5 Å². The molecule has 1 aliphatic rings. The summed E-state index contributed by atoms with van der Waals surface area (Å²) in [6.07, 6.45) is -4.60. The van der Waals surface area contributed by atoms with Crippen LogP contribution in [-0.4, -0.2) is 42.2 Å². The number of rotatable bonds is 4. The third kappa shape index (κ3) is 2.87. The molecule has 0 radical (unpaired) electrons. The highest BCUT2D eigenvalue weighted by molar-refractivity contribution is 7.92. The lowest BCUT2D eigenvalue weighted by molar-refractivity contribution is -0.217. The van der Waals surface area contributed by atoms with E-state index >= 15 is 0 Å². The molecule has 2 amide bonds. The lowest BCUT2D eigenvalue weighted by Gasteiger charge is -2.31. The molecule has 0 fully saturated rings. The minimum Gasteiger partial charge on any atom is -0.317 e. The van der Waals surface area contributed by atoms with Crippen LogP contribution in [0.4, 0.5) is 24.8 Å². The van der Waals surface area contributed by atoms with Gasteiger partial charge < -0.3 is 5.32 Å². The van der Waals surface area contributed by atoms with Gasteiger partial charge in [0.15, 0.2) is 0 Å². The smallest absolute Gasteiger partial charge is 0.317 e. The second-order valence-electron chi connectivity index (χ2n) is 5.88. The van der Waals surface area contributed by atoms with E-state index in [4.69, 9.17) is 0 Å². The molecule has 1 unspecified atom stereocenters. The molecule has 0 saturated heterocycles. The number of sulfonamides is 1. The molecular formula is C14H14F3N5O4S. The zero-order valence-electron chi connectivity index (χ0n) is 14.0. The Kier molecular flexibility index (Phi) is 4.10. The van der Waals surface area contributed by atoms with Gasteiger partial charge >= 0.3 is 6.18 Å². The fourth-order valence-corrected chi connectivity index (χ4v) is 3.39. The van der Waals surface area contributed by atoms with Gasteiger partial charge in [0.05, 0.1) is 17.5 Å². The van der Waals surface area contributed by atoms with Crippen LogP contribution in [-0.2, 0) is 25.3 Å². The van der Waals surface area contributed by atoms with Crippen LogP contribution in [0.25, 0.3) is 11.0 Å². The van der Waals surface area contributed by atoms with Crippen molar-refractivity contribution in [1.82, 2.24) is 14.9 Å². The summed E-state index contributed by atoms with van der Waals surface area (Å²) in [4.78, 5) is 27.9. The van der Waals surface area contributed by atoms with Crippen LogP contribution < -0.4 is 15.4 Å². The quantitative estimate of drug-likeness (QED) is 0.703. The topological polar surface area (TPSA) is 122 Å². The number of fused-ring (bicyclic) bond motifs is 3. The lowest BCUT2D eigenvalue weighted by Crippen LogP contribution is -2.63. The van der Waals surface area contributed by atoms with Crippen LogP contribution in [0.5, 0.6) is 0 Å². The van der Waals surface area contributed by atoms with Gasteiger partial charge in [-0.25, -0.2) is 13.4 Å². The predicted octanol–water partition coefficient (Wildman–Crippen LogP) is 1.10. The standard InChI is InChI=1S/C14H14F3N5O4S/c1-3-9(23)20-13(14(15,16)17)11(24)19-12-18-10-7(21-27(2,25)26)5-4-6-8(10)22(12)13/h4-6,21H,3H2,1-2H3,(H,20,23)(H,18,19,24). The number of carbonyl (C=O) groups is 2. The summed E-state index contributed by atoms with van der Waals surface area (Å²) in [5.41, 5.74) is -3.76. The lowest BCUT2D eigenvalue weighted by atomic mass is 10.1. The first-order chi connectivity index (χ1) is 12.4. The molecule has 0 bridgehead atoms. The highest BCUT2D eigenvalue weighted by Crippen LogP contribution is 2.44. The van der Waals surface area contributed by atoms with Gasteiger partial charge in [-0.05, 0) is 12.1 Å². The summed E-state index contributed by atoms with van der Waals surface area (Å²) >= 11 is 0. The van der Waals surface area contributed by atoms with Crippen molar-refractivity contribution in [3.05, 3.63) is 18.2 Å². The Morgan fingerprint density at radius 2 is 2.04 bits per heavy atom. The summed E-state index contributed by atoms with van der Waals surface area (Å²) in [5.74, 6) is -2.98. The van der Waals surface area contributed by atoms with Crippen molar-refractivity contribution in [3.63, 3.8) is 0 Å². The van der Waals surface area contributed by atoms with Gasteiger partial charge in [0.2, 0.25) is 21.9 Å². The molecule has 146 valence electrons. The minimum atomic E-state index is -5.19. The normalized spacial score (nSPS) is 19.7. The van der Waals surface area contributed by atoms with Crippen LogP contribution in [0.2, 0.25) is 0 Å². The SMILES string of the molecule is CCC(=O)NC1(C(F)(F)F)C(=O)Nc2nc3c(NS(C)(=O)=O)cccc3n21. The Morgan fingerprint density at radius 1 is 1.37 bits per heavy atom. The van der Waals surface area contributed by atoms with Gasteiger partial charge in [0, 0.05) is 6.42 Å². The number of imidazole rings is 1. The third-order valence-corrected chi connectivity index (χ3v) is 4.51. The molecule has 27 heavy (non-hydrogen) atoms. The summed E-state index contributed by atoms with van der Waals surface area (Å²) in [7, 11) is -3.73. The first-order valence-corrected chi connectivity index (χ1v) is 9.49. The van der Waals surface area contributed by atoms with Crippen LogP contribution in [0, 0.1) is 0 Å². The number of carbonyl (C=O) groups excluding carboxylic acids is 2. The van der Waals surface area contributed by atoms with Crippen LogP contribution in [0.3, 0.4) is 0 Å². The molecule has 9 nitrogen and oxygen atoms in total. The molecule has 2 aromatic rings. The molecule has 1 aromatic heterocycles. The van der Waals surface area contributed by atoms with Gasteiger partial charge in [-0.2, -0.15) is 13.2 Å². The number of nitrogens with zero attached hydrogens (tertiary/aromatic N) is 2. The largest absolute Gasteiger partial charge is 0.440 e. The maximum atomic E-state index is 14.0. The van der Waals surface area contributed by atoms with Gasteiger partial charge in [0.25, 0.3) is 11.6 Å². The molecule has 1 aromatic carbocycles.